The number of aromatic nitrogens is 2. The van der Waals surface area contributed by atoms with Gasteiger partial charge in [0.05, 0.1) is 10.3 Å². The van der Waals surface area contributed by atoms with E-state index in [1.165, 1.54) is 23.1 Å². The fourth-order valence-electron chi connectivity index (χ4n) is 4.69. The minimum atomic E-state index is -0.0673. The van der Waals surface area contributed by atoms with Crippen LogP contribution in [-0.4, -0.2) is 71.0 Å². The van der Waals surface area contributed by atoms with E-state index in [-0.39, 0.29) is 5.91 Å². The first kappa shape index (κ1) is 21.3. The summed E-state index contributed by atoms with van der Waals surface area (Å²) in [7, 11) is 0. The van der Waals surface area contributed by atoms with Crippen molar-refractivity contribution in [2.24, 2.45) is 5.92 Å². The summed E-state index contributed by atoms with van der Waals surface area (Å²) in [6.45, 7) is 7.30. The molecule has 2 saturated heterocycles. The van der Waals surface area contributed by atoms with Crippen molar-refractivity contribution in [3.8, 4) is 0 Å². The fraction of sp³-hybridized carbons (Fsp3) is 0.458. The van der Waals surface area contributed by atoms with E-state index in [4.69, 9.17) is 4.37 Å². The van der Waals surface area contributed by atoms with E-state index in [0.717, 1.165) is 63.8 Å². The molecule has 1 N–H and O–H groups in total. The van der Waals surface area contributed by atoms with E-state index in [9.17, 15) is 4.79 Å². The molecule has 0 bridgehead atoms. The number of hydrogen-bond acceptors (Lipinski definition) is 7. The van der Waals surface area contributed by atoms with Gasteiger partial charge in [-0.3, -0.25) is 20.1 Å². The summed E-state index contributed by atoms with van der Waals surface area (Å²) in [4.78, 5) is 21.4. The number of rotatable bonds is 6. The van der Waals surface area contributed by atoms with Crippen molar-refractivity contribution in [1.82, 2.24) is 24.7 Å². The Labute approximate surface area is 193 Å². The molecule has 0 atom stereocenters. The molecule has 2 aliphatic heterocycles. The maximum atomic E-state index is 12.3. The lowest BCUT2D eigenvalue weighted by Gasteiger charge is -2.37. The van der Waals surface area contributed by atoms with Crippen LogP contribution in [0.1, 0.15) is 29.6 Å². The van der Waals surface area contributed by atoms with Crippen LogP contribution in [0.5, 0.6) is 0 Å². The van der Waals surface area contributed by atoms with Crippen LogP contribution in [0.3, 0.4) is 0 Å². The Balaban J connectivity index is 1.03. The average Bonchev–Trinajstić information content (AvgIpc) is 3.29. The first-order chi connectivity index (χ1) is 15.8. The Morgan fingerprint density at radius 2 is 1.84 bits per heavy atom. The van der Waals surface area contributed by atoms with Crippen LogP contribution in [0, 0.1) is 5.92 Å². The van der Waals surface area contributed by atoms with E-state index in [0.29, 0.717) is 5.56 Å². The van der Waals surface area contributed by atoms with Crippen molar-refractivity contribution >= 4 is 33.3 Å². The molecule has 2 aromatic heterocycles. The van der Waals surface area contributed by atoms with E-state index in [2.05, 4.69) is 49.5 Å². The molecular formula is C24H30N6OS. The summed E-state index contributed by atoms with van der Waals surface area (Å²) in [5.74, 6) is 1.83. The second-order valence-corrected chi connectivity index (χ2v) is 9.54. The molecule has 168 valence electrons. The molecule has 32 heavy (non-hydrogen) atoms. The largest absolute Gasteiger partial charge is 0.353 e. The van der Waals surface area contributed by atoms with Gasteiger partial charge in [-0.1, -0.05) is 12.1 Å². The number of carbonyl (C=O) groups excluding carboxylic acids is 1. The molecule has 7 nitrogen and oxygen atoms in total. The van der Waals surface area contributed by atoms with Crippen LogP contribution in [0.25, 0.3) is 10.1 Å². The molecule has 0 radical (unpaired) electrons. The predicted molar refractivity (Wildman–Crippen MR) is 129 cm³/mol. The lowest BCUT2D eigenvalue weighted by molar-refractivity contribution is 0.0686. The lowest BCUT2D eigenvalue weighted by atomic mass is 9.94. The highest BCUT2D eigenvalue weighted by atomic mass is 32.1. The molecule has 2 fully saturated rings. The number of pyridine rings is 1. The van der Waals surface area contributed by atoms with Crippen LogP contribution in [-0.2, 0) is 0 Å². The number of nitrogens with zero attached hydrogens (tertiary/aromatic N) is 5. The number of hydrazine groups is 1. The van der Waals surface area contributed by atoms with Gasteiger partial charge in [-0.05, 0) is 67.5 Å². The van der Waals surface area contributed by atoms with Crippen LogP contribution >= 0.6 is 11.5 Å². The number of amides is 1. The summed E-state index contributed by atoms with van der Waals surface area (Å²) in [6, 6.07) is 12.1. The van der Waals surface area contributed by atoms with Crippen LogP contribution < -0.4 is 10.3 Å². The SMILES string of the molecule is O=C(NN1CCC(CCN2CCN(c3nsc4ccccc34)CC2)CC1)c1cccnc1. The Bertz CT molecular complexity index is 1030. The lowest BCUT2D eigenvalue weighted by Crippen LogP contribution is -2.48. The number of anilines is 1. The zero-order chi connectivity index (χ0) is 21.8. The summed E-state index contributed by atoms with van der Waals surface area (Å²) in [6.07, 6.45) is 6.81. The maximum absolute atomic E-state index is 12.3. The summed E-state index contributed by atoms with van der Waals surface area (Å²) < 4.78 is 5.99. The number of carbonyl (C=O) groups is 1. The first-order valence-electron chi connectivity index (χ1n) is 11.5. The van der Waals surface area contributed by atoms with Gasteiger partial charge in [0.25, 0.3) is 5.91 Å². The zero-order valence-electron chi connectivity index (χ0n) is 18.3. The molecule has 3 aromatic rings. The zero-order valence-corrected chi connectivity index (χ0v) is 19.1. The first-order valence-corrected chi connectivity index (χ1v) is 12.3. The van der Waals surface area contributed by atoms with Crippen molar-refractivity contribution in [1.29, 1.82) is 0 Å². The van der Waals surface area contributed by atoms with Gasteiger partial charge in [0.1, 0.15) is 5.82 Å². The van der Waals surface area contributed by atoms with E-state index in [1.807, 2.05) is 0 Å². The third kappa shape index (κ3) is 4.92. The molecule has 1 aromatic carbocycles. The van der Waals surface area contributed by atoms with Gasteiger partial charge in [0.2, 0.25) is 0 Å². The van der Waals surface area contributed by atoms with Crippen molar-refractivity contribution < 1.29 is 4.79 Å². The third-order valence-electron chi connectivity index (χ3n) is 6.68. The topological polar surface area (TPSA) is 64.6 Å². The van der Waals surface area contributed by atoms with Gasteiger partial charge >= 0.3 is 0 Å². The Morgan fingerprint density at radius 1 is 1.03 bits per heavy atom. The molecule has 0 saturated carbocycles. The minimum absolute atomic E-state index is 0.0673. The number of benzene rings is 1. The molecule has 0 unspecified atom stereocenters. The Hall–Kier alpha value is -2.55. The van der Waals surface area contributed by atoms with Gasteiger partial charge in [0, 0.05) is 57.0 Å². The van der Waals surface area contributed by atoms with Gasteiger partial charge in [-0.15, -0.1) is 0 Å². The van der Waals surface area contributed by atoms with Crippen LogP contribution in [0.2, 0.25) is 0 Å². The Morgan fingerprint density at radius 3 is 2.62 bits per heavy atom. The number of piperazine rings is 1. The molecule has 5 rings (SSSR count). The quantitative estimate of drug-likeness (QED) is 0.622. The highest BCUT2D eigenvalue weighted by Crippen LogP contribution is 2.30. The molecule has 0 aliphatic carbocycles. The predicted octanol–water partition coefficient (Wildman–Crippen LogP) is 3.26. The standard InChI is InChI=1S/C24H30N6OS/c31-24(20-4-3-10-25-18-20)26-30-12-8-19(9-13-30)7-11-28-14-16-29(17-15-28)23-21-5-1-2-6-22(21)32-27-23/h1-6,10,18-19H,7-9,11-17H2,(H,26,31). The van der Waals surface area contributed by atoms with Gasteiger partial charge in [-0.25, -0.2) is 5.01 Å². The highest BCUT2D eigenvalue weighted by Gasteiger charge is 2.24. The van der Waals surface area contributed by atoms with Crippen molar-refractivity contribution in [3.05, 3.63) is 54.4 Å². The second-order valence-electron chi connectivity index (χ2n) is 8.73. The number of nitrogens with one attached hydrogen (secondary N) is 1. The van der Waals surface area contributed by atoms with Gasteiger partial charge < -0.3 is 4.90 Å². The van der Waals surface area contributed by atoms with E-state index < -0.39 is 0 Å². The average molecular weight is 451 g/mol. The molecular weight excluding hydrogens is 420 g/mol. The summed E-state index contributed by atoms with van der Waals surface area (Å²) >= 11 is 1.60. The normalized spacial score (nSPS) is 18.8. The van der Waals surface area contributed by atoms with Gasteiger partial charge in [0.15, 0.2) is 0 Å². The highest BCUT2D eigenvalue weighted by molar-refractivity contribution is 7.13. The summed E-state index contributed by atoms with van der Waals surface area (Å²) in [5.41, 5.74) is 3.64. The van der Waals surface area contributed by atoms with Crippen LogP contribution in [0.15, 0.2) is 48.8 Å². The van der Waals surface area contributed by atoms with E-state index >= 15 is 0 Å². The second kappa shape index (κ2) is 9.94. The van der Waals surface area contributed by atoms with Crippen LogP contribution in [0.4, 0.5) is 5.82 Å². The molecule has 0 spiro atoms. The third-order valence-corrected chi connectivity index (χ3v) is 7.50. The molecule has 1 amide bonds. The smallest absolute Gasteiger partial charge is 0.267 e. The van der Waals surface area contributed by atoms with Crippen molar-refractivity contribution in [2.75, 3.05) is 50.7 Å². The molecule has 8 heteroatoms. The Kier molecular flexibility index (Phi) is 6.61. The van der Waals surface area contributed by atoms with Gasteiger partial charge in [-0.2, -0.15) is 4.37 Å². The molecule has 2 aliphatic rings. The number of hydrogen-bond donors (Lipinski definition) is 1. The molecule has 4 heterocycles. The maximum Gasteiger partial charge on any atom is 0.267 e. The monoisotopic (exact) mass is 450 g/mol. The number of piperidine rings is 1. The fourth-order valence-corrected chi connectivity index (χ4v) is 5.48. The van der Waals surface area contributed by atoms with Crippen molar-refractivity contribution in [3.63, 3.8) is 0 Å². The minimum Gasteiger partial charge on any atom is -0.353 e. The summed E-state index contributed by atoms with van der Waals surface area (Å²) in [5, 5.41) is 3.34. The van der Waals surface area contributed by atoms with E-state index in [1.54, 1.807) is 36.1 Å². The number of fused-ring (bicyclic) bond motifs is 1. The van der Waals surface area contributed by atoms with Crippen molar-refractivity contribution in [2.45, 2.75) is 19.3 Å².